The van der Waals surface area contributed by atoms with Gasteiger partial charge in [0.25, 0.3) is 0 Å². The monoisotopic (exact) mass is 772 g/mol. The Balaban J connectivity index is 1.09. The first kappa shape index (κ1) is 39.0. The van der Waals surface area contributed by atoms with E-state index in [9.17, 15) is 25.2 Å². The van der Waals surface area contributed by atoms with Crippen molar-refractivity contribution >= 4 is 5.78 Å². The number of nitrogens with two attached hydrogens (primary N) is 1. The SMILES string of the molecule is NCOc1cc(CCC(=O)C[C@H](O)[C@@H]2C=C[C@H]3C[C@H](Cc4ccccc4)[C@@H]2c2cc(O)c(O)c(O[C@H]4C[C@@H](Cc5ccccc5)NCC45CCCC5)c23)ccc1O. The molecule has 5 aliphatic rings. The molecule has 7 atom stereocenters. The number of piperidine rings is 1. The zero-order valence-electron chi connectivity index (χ0n) is 32.6. The standard InChI is InChI=1S/C48H56N2O7/c49-29-56-42-23-32(14-18-39(42)52)13-16-36(51)26-40(53)37-17-15-33-24-34(21-30-9-3-1-4-10-30)44(37)38-27-41(54)46(55)47(45(33)38)57-43-25-35(22-31-11-5-2-6-12-31)50-28-48(43)19-7-8-20-48/h1-6,9-12,14-15,17-18,23,27,33-35,37,40,43-44,50,52-55H,7-8,13,16,19-22,24-26,28-29,49H2/t33-,34-,35+,37-,40-,43-,44-/m0/s1. The van der Waals surface area contributed by atoms with Crippen molar-refractivity contribution in [3.05, 3.63) is 125 Å². The van der Waals surface area contributed by atoms with Crippen LogP contribution in [0.15, 0.2) is 97.1 Å². The molecule has 300 valence electrons. The van der Waals surface area contributed by atoms with Crippen molar-refractivity contribution in [1.82, 2.24) is 5.32 Å². The normalized spacial score (nSPS) is 25.2. The molecule has 1 heterocycles. The van der Waals surface area contributed by atoms with E-state index in [1.807, 2.05) is 24.3 Å². The second kappa shape index (κ2) is 16.9. The molecule has 9 heteroatoms. The Morgan fingerprint density at radius 2 is 1.58 bits per heavy atom. The van der Waals surface area contributed by atoms with Crippen molar-refractivity contribution in [2.45, 2.75) is 101 Å². The smallest absolute Gasteiger partial charge is 0.200 e. The summed E-state index contributed by atoms with van der Waals surface area (Å²) >= 11 is 0. The average Bonchev–Trinajstić information content (AvgIpc) is 3.54. The summed E-state index contributed by atoms with van der Waals surface area (Å²) < 4.78 is 12.5. The quantitative estimate of drug-likeness (QED) is 0.0433. The molecule has 0 aromatic heterocycles. The molecule has 0 amide bonds. The number of rotatable bonds is 14. The van der Waals surface area contributed by atoms with Crippen LogP contribution in [-0.4, -0.2) is 57.7 Å². The zero-order valence-corrected chi connectivity index (χ0v) is 32.6. The predicted molar refractivity (Wildman–Crippen MR) is 220 cm³/mol. The first-order valence-electron chi connectivity index (χ1n) is 20.8. The van der Waals surface area contributed by atoms with Gasteiger partial charge < -0.3 is 35.2 Å². The minimum Gasteiger partial charge on any atom is -0.504 e. The van der Waals surface area contributed by atoms with Crippen LogP contribution < -0.4 is 20.5 Å². The van der Waals surface area contributed by atoms with Gasteiger partial charge in [-0.2, -0.15) is 0 Å². The number of benzene rings is 4. The summed E-state index contributed by atoms with van der Waals surface area (Å²) in [5.74, 6) is -0.535. The van der Waals surface area contributed by atoms with Crippen molar-refractivity contribution in [3.8, 4) is 28.7 Å². The number of aliphatic hydroxyl groups is 1. The molecule has 57 heavy (non-hydrogen) atoms. The van der Waals surface area contributed by atoms with Crippen molar-refractivity contribution in [2.24, 2.45) is 23.0 Å². The number of Topliss-reactive ketones (excluding diaryl/α,β-unsaturated/α-hetero) is 1. The molecule has 2 bridgehead atoms. The summed E-state index contributed by atoms with van der Waals surface area (Å²) in [6.07, 6.45) is 11.3. The van der Waals surface area contributed by atoms with E-state index in [1.165, 1.54) is 17.2 Å². The third-order valence-corrected chi connectivity index (χ3v) is 13.4. The summed E-state index contributed by atoms with van der Waals surface area (Å²) in [6.45, 7) is 0.770. The fraction of sp³-hybridized carbons (Fsp3) is 0.438. The molecular weight excluding hydrogens is 717 g/mol. The van der Waals surface area contributed by atoms with Gasteiger partial charge in [0.2, 0.25) is 5.75 Å². The van der Waals surface area contributed by atoms with Gasteiger partial charge in [-0.15, -0.1) is 0 Å². The van der Waals surface area contributed by atoms with E-state index < -0.39 is 12.0 Å². The third-order valence-electron chi connectivity index (χ3n) is 13.4. The summed E-state index contributed by atoms with van der Waals surface area (Å²) in [4.78, 5) is 13.5. The number of allylic oxidation sites excluding steroid dienone is 1. The van der Waals surface area contributed by atoms with Crippen molar-refractivity contribution in [3.63, 3.8) is 0 Å². The number of ketones is 1. The Bertz CT molecular complexity index is 2050. The van der Waals surface area contributed by atoms with Crippen molar-refractivity contribution in [1.29, 1.82) is 0 Å². The molecule has 4 aromatic carbocycles. The highest BCUT2D eigenvalue weighted by atomic mass is 16.5. The van der Waals surface area contributed by atoms with Crippen LogP contribution in [0, 0.1) is 17.3 Å². The Morgan fingerprint density at radius 1 is 0.860 bits per heavy atom. The minimum absolute atomic E-state index is 0.0136. The Kier molecular flexibility index (Phi) is 11.6. The average molecular weight is 773 g/mol. The number of carbonyl (C=O) groups excluding carboxylic acids is 1. The number of carbonyl (C=O) groups is 1. The second-order valence-corrected chi connectivity index (χ2v) is 17.0. The Morgan fingerprint density at radius 3 is 2.30 bits per heavy atom. The summed E-state index contributed by atoms with van der Waals surface area (Å²) in [6, 6.07) is 27.7. The fourth-order valence-corrected chi connectivity index (χ4v) is 10.5. The number of nitrogens with one attached hydrogen (secondary N) is 1. The van der Waals surface area contributed by atoms with Crippen LogP contribution in [0.3, 0.4) is 0 Å². The van der Waals surface area contributed by atoms with E-state index in [2.05, 4.69) is 53.9 Å². The maximum atomic E-state index is 13.5. The molecule has 4 aliphatic carbocycles. The van der Waals surface area contributed by atoms with E-state index in [-0.39, 0.29) is 83.7 Å². The van der Waals surface area contributed by atoms with E-state index in [0.29, 0.717) is 12.2 Å². The van der Waals surface area contributed by atoms with Gasteiger partial charge in [-0.25, -0.2) is 0 Å². The predicted octanol–water partition coefficient (Wildman–Crippen LogP) is 7.58. The van der Waals surface area contributed by atoms with Crippen molar-refractivity contribution in [2.75, 3.05) is 13.3 Å². The van der Waals surface area contributed by atoms with Gasteiger partial charge in [0.05, 0.1) is 6.10 Å². The van der Waals surface area contributed by atoms with Crippen LogP contribution in [0.1, 0.15) is 91.0 Å². The first-order chi connectivity index (χ1) is 27.7. The lowest BCUT2D eigenvalue weighted by molar-refractivity contribution is -0.121. The first-order valence-corrected chi connectivity index (χ1v) is 20.8. The highest BCUT2D eigenvalue weighted by Gasteiger charge is 2.49. The van der Waals surface area contributed by atoms with Gasteiger partial charge in [-0.1, -0.05) is 91.7 Å². The highest BCUT2D eigenvalue weighted by Crippen LogP contribution is 2.59. The molecule has 1 saturated carbocycles. The van der Waals surface area contributed by atoms with Gasteiger partial charge >= 0.3 is 0 Å². The van der Waals surface area contributed by atoms with Gasteiger partial charge in [0.15, 0.2) is 23.0 Å². The minimum atomic E-state index is -0.970. The summed E-state index contributed by atoms with van der Waals surface area (Å²) in [7, 11) is 0. The molecule has 1 saturated heterocycles. The largest absolute Gasteiger partial charge is 0.504 e. The van der Waals surface area contributed by atoms with Gasteiger partial charge in [-0.3, -0.25) is 10.5 Å². The van der Waals surface area contributed by atoms with Crippen LogP contribution in [0.4, 0.5) is 0 Å². The number of fused-ring (bicyclic) bond motifs is 2. The van der Waals surface area contributed by atoms with Crippen LogP contribution >= 0.6 is 0 Å². The number of hydrogen-bond donors (Lipinski definition) is 6. The van der Waals surface area contributed by atoms with Crippen LogP contribution in [0.5, 0.6) is 28.7 Å². The second-order valence-electron chi connectivity index (χ2n) is 17.0. The molecule has 0 unspecified atom stereocenters. The lowest BCUT2D eigenvalue weighted by atomic mass is 9.65. The number of aliphatic hydroxyl groups excluding tert-OH is 1. The molecule has 1 aliphatic heterocycles. The van der Waals surface area contributed by atoms with Crippen LogP contribution in [-0.2, 0) is 24.1 Å². The Labute approximate surface area is 335 Å². The topological polar surface area (TPSA) is 154 Å². The molecular formula is C48H56N2O7. The van der Waals surface area contributed by atoms with Gasteiger partial charge in [-0.05, 0) is 90.8 Å². The molecule has 4 aromatic rings. The summed E-state index contributed by atoms with van der Waals surface area (Å²) in [5, 5.41) is 49.1. The lowest BCUT2D eigenvalue weighted by Crippen LogP contribution is -2.55. The number of phenols is 3. The lowest BCUT2D eigenvalue weighted by Gasteiger charge is -2.46. The molecule has 7 N–H and O–H groups in total. The maximum Gasteiger partial charge on any atom is 0.200 e. The molecule has 1 spiro atoms. The highest BCUT2D eigenvalue weighted by molar-refractivity contribution is 5.79. The van der Waals surface area contributed by atoms with E-state index in [4.69, 9.17) is 15.2 Å². The number of ether oxygens (including phenoxy) is 2. The number of aromatic hydroxyl groups is 3. The van der Waals surface area contributed by atoms with Gasteiger partial charge in [0, 0.05) is 54.7 Å². The van der Waals surface area contributed by atoms with E-state index >= 15 is 0 Å². The zero-order chi connectivity index (χ0) is 39.5. The third kappa shape index (κ3) is 8.29. The van der Waals surface area contributed by atoms with Crippen LogP contribution in [0.25, 0.3) is 0 Å². The molecule has 2 fully saturated rings. The number of phenolic OH excluding ortho intramolecular Hbond substituents is 3. The van der Waals surface area contributed by atoms with E-state index in [1.54, 1.807) is 18.2 Å². The Hall–Kier alpha value is -4.83. The summed E-state index contributed by atoms with van der Waals surface area (Å²) in [5.41, 5.74) is 10.5. The van der Waals surface area contributed by atoms with Crippen LogP contribution in [0.2, 0.25) is 0 Å². The number of aryl methyl sites for hydroxylation is 1. The maximum absolute atomic E-state index is 13.5. The van der Waals surface area contributed by atoms with E-state index in [0.717, 1.165) is 74.6 Å². The molecule has 9 rings (SSSR count). The van der Waals surface area contributed by atoms with Gasteiger partial charge in [0.1, 0.15) is 18.6 Å². The van der Waals surface area contributed by atoms with Crippen molar-refractivity contribution < 1.29 is 34.7 Å². The molecule has 0 radical (unpaired) electrons. The number of hydrogen-bond acceptors (Lipinski definition) is 9. The molecule has 9 nitrogen and oxygen atoms in total. The fourth-order valence-electron chi connectivity index (χ4n) is 10.5.